The van der Waals surface area contributed by atoms with Crippen LogP contribution >= 0.6 is 11.3 Å². The zero-order valence-corrected chi connectivity index (χ0v) is 19.2. The molecule has 2 aromatic carbocycles. The van der Waals surface area contributed by atoms with Crippen molar-refractivity contribution in [3.63, 3.8) is 0 Å². The lowest BCUT2D eigenvalue weighted by molar-refractivity contribution is -0.115. The Morgan fingerprint density at radius 2 is 1.81 bits per heavy atom. The number of benzene rings is 2. The Hall–Kier alpha value is -2.71. The molecule has 1 aromatic heterocycles. The van der Waals surface area contributed by atoms with Crippen LogP contribution in [0.4, 0.5) is 10.8 Å². The van der Waals surface area contributed by atoms with Crippen LogP contribution in [0, 0.1) is 0 Å². The Balaban J connectivity index is 1.40. The Bertz CT molecular complexity index is 1200. The van der Waals surface area contributed by atoms with E-state index in [9.17, 15) is 13.2 Å². The van der Waals surface area contributed by atoms with Gasteiger partial charge in [-0.25, -0.2) is 13.4 Å². The number of carbonyl (C=O) groups excluding carboxylic acids is 1. The van der Waals surface area contributed by atoms with Gasteiger partial charge < -0.3 is 5.32 Å². The van der Waals surface area contributed by atoms with Gasteiger partial charge in [0.1, 0.15) is 0 Å². The Labute approximate surface area is 187 Å². The highest BCUT2D eigenvalue weighted by molar-refractivity contribution is 7.92. The van der Waals surface area contributed by atoms with Gasteiger partial charge in [0, 0.05) is 18.0 Å². The molecule has 4 rings (SSSR count). The molecule has 0 saturated heterocycles. The van der Waals surface area contributed by atoms with E-state index >= 15 is 0 Å². The number of hydrogen-bond acceptors (Lipinski definition) is 5. The maximum atomic E-state index is 12.5. The van der Waals surface area contributed by atoms with Crippen LogP contribution in [0.5, 0.6) is 0 Å². The number of sulfonamides is 1. The van der Waals surface area contributed by atoms with Gasteiger partial charge in [0.05, 0.1) is 24.1 Å². The maximum absolute atomic E-state index is 12.5. The number of fused-ring (bicyclic) bond motifs is 1. The van der Waals surface area contributed by atoms with Crippen molar-refractivity contribution in [3.05, 3.63) is 64.5 Å². The number of nitrogens with zero attached hydrogens (tertiary/aromatic N) is 2. The third kappa shape index (κ3) is 5.14. The summed E-state index contributed by atoms with van der Waals surface area (Å²) in [5, 5.41) is 5.32. The van der Waals surface area contributed by atoms with Crippen LogP contribution < -0.4 is 9.62 Å². The molecule has 1 aliphatic carbocycles. The number of carbonyl (C=O) groups is 1. The molecule has 31 heavy (non-hydrogen) atoms. The highest BCUT2D eigenvalue weighted by atomic mass is 32.2. The van der Waals surface area contributed by atoms with Crippen LogP contribution in [-0.2, 0) is 34.1 Å². The Morgan fingerprint density at radius 3 is 2.52 bits per heavy atom. The third-order valence-corrected chi connectivity index (χ3v) is 7.52. The van der Waals surface area contributed by atoms with Crippen LogP contribution in [0.1, 0.15) is 29.5 Å². The van der Waals surface area contributed by atoms with Crippen LogP contribution in [0.25, 0.3) is 11.3 Å². The molecule has 0 fully saturated rings. The minimum absolute atomic E-state index is 0.0817. The lowest BCUT2D eigenvalue weighted by Gasteiger charge is -2.16. The number of aryl methyl sites for hydroxylation is 2. The molecule has 1 heterocycles. The molecule has 0 saturated carbocycles. The van der Waals surface area contributed by atoms with Gasteiger partial charge in [-0.3, -0.25) is 9.10 Å². The lowest BCUT2D eigenvalue weighted by Crippen LogP contribution is -2.24. The first-order valence-corrected chi connectivity index (χ1v) is 12.9. The van der Waals surface area contributed by atoms with Gasteiger partial charge in [0.15, 0.2) is 5.13 Å². The number of amides is 1. The van der Waals surface area contributed by atoms with Gasteiger partial charge in [-0.1, -0.05) is 30.3 Å². The molecule has 0 radical (unpaired) electrons. The van der Waals surface area contributed by atoms with E-state index in [1.165, 1.54) is 52.9 Å². The molecular formula is C23H25N3O3S2. The summed E-state index contributed by atoms with van der Waals surface area (Å²) in [5.74, 6) is -0.0817. The zero-order valence-electron chi connectivity index (χ0n) is 17.6. The molecular weight excluding hydrogens is 430 g/mol. The van der Waals surface area contributed by atoms with Gasteiger partial charge in [-0.2, -0.15) is 0 Å². The Morgan fingerprint density at radius 1 is 1.10 bits per heavy atom. The molecule has 1 N–H and O–H groups in total. The molecule has 3 aromatic rings. The number of thiazole rings is 1. The van der Waals surface area contributed by atoms with Crippen LogP contribution in [0.15, 0.2) is 47.8 Å². The monoisotopic (exact) mass is 455 g/mol. The number of hydrogen-bond donors (Lipinski definition) is 1. The Kier molecular flexibility index (Phi) is 6.11. The van der Waals surface area contributed by atoms with Crippen molar-refractivity contribution in [3.8, 4) is 11.3 Å². The fourth-order valence-electron chi connectivity index (χ4n) is 3.74. The molecule has 162 valence electrons. The average molecular weight is 456 g/mol. The molecule has 0 atom stereocenters. The molecule has 8 heteroatoms. The first-order valence-electron chi connectivity index (χ1n) is 10.2. The normalized spacial score (nSPS) is 13.5. The van der Waals surface area contributed by atoms with Crippen molar-refractivity contribution < 1.29 is 13.2 Å². The van der Waals surface area contributed by atoms with Gasteiger partial charge in [-0.05, 0) is 54.5 Å². The highest BCUT2D eigenvalue weighted by Crippen LogP contribution is 2.27. The smallest absolute Gasteiger partial charge is 0.231 e. The predicted octanol–water partition coefficient (Wildman–Crippen LogP) is 4.27. The second-order valence-electron chi connectivity index (χ2n) is 7.85. The van der Waals surface area contributed by atoms with E-state index in [0.717, 1.165) is 29.7 Å². The summed E-state index contributed by atoms with van der Waals surface area (Å²) >= 11 is 1.37. The van der Waals surface area contributed by atoms with Gasteiger partial charge in [0.25, 0.3) is 0 Å². The fraction of sp³-hybridized carbons (Fsp3) is 0.304. The van der Waals surface area contributed by atoms with Crippen LogP contribution in [0.2, 0.25) is 0 Å². The maximum Gasteiger partial charge on any atom is 0.231 e. The third-order valence-electron chi connectivity index (χ3n) is 5.55. The minimum Gasteiger partial charge on any atom is -0.302 e. The van der Waals surface area contributed by atoms with E-state index in [1.54, 1.807) is 12.1 Å². The van der Waals surface area contributed by atoms with Crippen molar-refractivity contribution in [1.82, 2.24) is 4.98 Å². The number of nitrogens with one attached hydrogen (secondary N) is 1. The average Bonchev–Trinajstić information content (AvgIpc) is 3.21. The number of aromatic nitrogens is 1. The SMILES string of the molecule is CN(c1ccc(-c2csc(NC(=O)Cc3ccc4c(c3)CCCC4)n2)cc1)S(C)(=O)=O. The summed E-state index contributed by atoms with van der Waals surface area (Å²) < 4.78 is 24.6. The van der Waals surface area contributed by atoms with Gasteiger partial charge in [0.2, 0.25) is 15.9 Å². The van der Waals surface area contributed by atoms with Crippen LogP contribution in [-0.4, -0.2) is 32.6 Å². The minimum atomic E-state index is -3.30. The first-order chi connectivity index (χ1) is 14.8. The van der Waals surface area contributed by atoms with Crippen molar-refractivity contribution >= 4 is 38.1 Å². The van der Waals surface area contributed by atoms with Crippen molar-refractivity contribution in [1.29, 1.82) is 0 Å². The summed E-state index contributed by atoms with van der Waals surface area (Å²) in [5.41, 5.74) is 5.99. The van der Waals surface area contributed by atoms with E-state index in [4.69, 9.17) is 0 Å². The second kappa shape index (κ2) is 8.80. The second-order valence-corrected chi connectivity index (χ2v) is 10.7. The number of anilines is 2. The van der Waals surface area contributed by atoms with Crippen molar-refractivity contribution in [2.45, 2.75) is 32.1 Å². The van der Waals surface area contributed by atoms with Crippen molar-refractivity contribution in [2.24, 2.45) is 0 Å². The molecule has 0 bridgehead atoms. The fourth-order valence-corrected chi connectivity index (χ4v) is 4.98. The first kappa shape index (κ1) is 21.5. The van der Waals surface area contributed by atoms with E-state index < -0.39 is 10.0 Å². The van der Waals surface area contributed by atoms with Crippen LogP contribution in [0.3, 0.4) is 0 Å². The van der Waals surface area contributed by atoms with Gasteiger partial charge >= 0.3 is 0 Å². The standard InChI is InChI=1S/C23H25N3O3S2/c1-26(31(2,28)29)20-11-9-18(10-12-20)21-15-30-23(24-21)25-22(27)14-16-7-8-17-5-3-4-6-19(17)13-16/h7-13,15H,3-6,14H2,1-2H3,(H,24,25,27). The molecule has 0 spiro atoms. The highest BCUT2D eigenvalue weighted by Gasteiger charge is 2.14. The molecule has 1 amide bonds. The summed E-state index contributed by atoms with van der Waals surface area (Å²) in [4.78, 5) is 17.0. The summed E-state index contributed by atoms with van der Waals surface area (Å²) in [6.07, 6.45) is 6.19. The van der Waals surface area contributed by atoms with E-state index in [1.807, 2.05) is 23.6 Å². The predicted molar refractivity (Wildman–Crippen MR) is 126 cm³/mol. The molecule has 6 nitrogen and oxygen atoms in total. The summed E-state index contributed by atoms with van der Waals surface area (Å²) in [6.45, 7) is 0. The molecule has 1 aliphatic rings. The van der Waals surface area contributed by atoms with E-state index in [0.29, 0.717) is 17.2 Å². The quantitative estimate of drug-likeness (QED) is 0.602. The van der Waals surface area contributed by atoms with E-state index in [-0.39, 0.29) is 5.91 Å². The summed E-state index contributed by atoms with van der Waals surface area (Å²) in [7, 11) is -1.78. The lowest BCUT2D eigenvalue weighted by atomic mass is 9.90. The van der Waals surface area contributed by atoms with Gasteiger partial charge in [-0.15, -0.1) is 11.3 Å². The zero-order chi connectivity index (χ0) is 22.0. The largest absolute Gasteiger partial charge is 0.302 e. The molecule has 0 aliphatic heterocycles. The summed E-state index contributed by atoms with van der Waals surface area (Å²) in [6, 6.07) is 13.5. The van der Waals surface area contributed by atoms with Crippen molar-refractivity contribution in [2.75, 3.05) is 22.9 Å². The molecule has 0 unspecified atom stereocenters. The topological polar surface area (TPSA) is 79.4 Å². The van der Waals surface area contributed by atoms with E-state index in [2.05, 4.69) is 22.4 Å². The number of rotatable bonds is 6.